The third-order valence-electron chi connectivity index (χ3n) is 4.63. The summed E-state index contributed by atoms with van der Waals surface area (Å²) in [6.07, 6.45) is 2.65. The average Bonchev–Trinajstić information content (AvgIpc) is 3.04. The van der Waals surface area contributed by atoms with E-state index in [1.54, 1.807) is 6.07 Å². The Hall–Kier alpha value is -2.71. The van der Waals surface area contributed by atoms with E-state index in [-0.39, 0.29) is 17.7 Å². The molecule has 7 nitrogen and oxygen atoms in total. The summed E-state index contributed by atoms with van der Waals surface area (Å²) in [5.74, 6) is -0.471. The normalized spacial score (nSPS) is 14.8. The number of hydrogen-bond donors (Lipinski definition) is 4. The van der Waals surface area contributed by atoms with Gasteiger partial charge in [0.1, 0.15) is 6.04 Å². The van der Waals surface area contributed by atoms with Gasteiger partial charge in [0.15, 0.2) is 0 Å². The zero-order chi connectivity index (χ0) is 20.6. The van der Waals surface area contributed by atoms with Gasteiger partial charge in [-0.15, -0.1) is 0 Å². The van der Waals surface area contributed by atoms with E-state index >= 15 is 0 Å². The largest absolute Gasteiger partial charge is 0.352 e. The zero-order valence-corrected chi connectivity index (χ0v) is 17.4. The second kappa shape index (κ2) is 10.2. The molecule has 1 heterocycles. The maximum Gasteiger partial charge on any atom is 0.252 e. The number of halogens is 1. The van der Waals surface area contributed by atoms with Crippen LogP contribution in [0, 0.1) is 0 Å². The van der Waals surface area contributed by atoms with Crippen molar-refractivity contribution in [2.24, 2.45) is 0 Å². The first-order chi connectivity index (χ1) is 14.1. The summed E-state index contributed by atoms with van der Waals surface area (Å²) in [7, 11) is 0. The lowest BCUT2D eigenvalue weighted by atomic mass is 10.1. The lowest BCUT2D eigenvalue weighted by Crippen LogP contribution is -2.42. The summed E-state index contributed by atoms with van der Waals surface area (Å²) in [5, 5.41) is 5.65. The number of amides is 3. The van der Waals surface area contributed by atoms with Gasteiger partial charge >= 0.3 is 0 Å². The van der Waals surface area contributed by atoms with Crippen LogP contribution in [-0.2, 0) is 9.59 Å². The van der Waals surface area contributed by atoms with Gasteiger partial charge in [-0.05, 0) is 47.0 Å². The van der Waals surface area contributed by atoms with Crippen molar-refractivity contribution >= 4 is 39.3 Å². The van der Waals surface area contributed by atoms with Gasteiger partial charge in [-0.2, -0.15) is 0 Å². The molecule has 1 atom stereocenters. The summed E-state index contributed by atoms with van der Waals surface area (Å²) in [6, 6.07) is 14.1. The second-order valence-corrected chi connectivity index (χ2v) is 7.60. The van der Waals surface area contributed by atoms with Crippen LogP contribution >= 0.6 is 15.9 Å². The second-order valence-electron chi connectivity index (χ2n) is 6.75. The van der Waals surface area contributed by atoms with Gasteiger partial charge in [0.05, 0.1) is 5.56 Å². The van der Waals surface area contributed by atoms with Gasteiger partial charge in [-0.25, -0.2) is 5.43 Å². The maximum atomic E-state index is 12.1. The number of fused-ring (bicyclic) bond motifs is 1. The van der Waals surface area contributed by atoms with Gasteiger partial charge < -0.3 is 10.6 Å². The number of hydrazine groups is 1. The van der Waals surface area contributed by atoms with Crippen molar-refractivity contribution in [3.8, 4) is 0 Å². The van der Waals surface area contributed by atoms with E-state index in [4.69, 9.17) is 0 Å². The molecule has 0 spiro atoms. The Balaban J connectivity index is 1.29. The highest BCUT2D eigenvalue weighted by Crippen LogP contribution is 2.29. The fourth-order valence-electron chi connectivity index (χ4n) is 3.10. The molecule has 2 aromatic rings. The quantitative estimate of drug-likeness (QED) is 0.342. The van der Waals surface area contributed by atoms with Crippen LogP contribution in [0.1, 0.15) is 47.6 Å². The van der Waals surface area contributed by atoms with Crippen molar-refractivity contribution in [3.05, 3.63) is 64.1 Å². The van der Waals surface area contributed by atoms with Crippen molar-refractivity contribution in [1.82, 2.24) is 16.2 Å². The zero-order valence-electron chi connectivity index (χ0n) is 15.8. The molecular formula is C21H23BrN4O3. The van der Waals surface area contributed by atoms with Crippen molar-refractivity contribution in [2.75, 3.05) is 11.9 Å². The highest BCUT2D eigenvalue weighted by atomic mass is 79.9. The standard InChI is InChI=1S/C21H23BrN4O3/c22-16-10-5-3-8-14(16)20(28)23-13-7-1-2-12-18(27)25-26-19-15-9-4-6-11-17(15)24-21(19)29/h3-6,8-11,19,26H,1-2,7,12-13H2,(H,23,28)(H,24,29)(H,25,27). The van der Waals surface area contributed by atoms with Crippen LogP contribution < -0.4 is 21.5 Å². The van der Waals surface area contributed by atoms with Crippen LogP contribution in [0.3, 0.4) is 0 Å². The lowest BCUT2D eigenvalue weighted by molar-refractivity contribution is -0.123. The molecular weight excluding hydrogens is 436 g/mol. The number of para-hydroxylation sites is 1. The Kier molecular flexibility index (Phi) is 7.37. The van der Waals surface area contributed by atoms with Gasteiger partial charge in [0.25, 0.3) is 5.91 Å². The Morgan fingerprint density at radius 3 is 2.59 bits per heavy atom. The Labute approximate surface area is 177 Å². The molecule has 0 saturated heterocycles. The van der Waals surface area contributed by atoms with Crippen molar-refractivity contribution in [1.29, 1.82) is 0 Å². The highest BCUT2D eigenvalue weighted by Gasteiger charge is 2.30. The first-order valence-corrected chi connectivity index (χ1v) is 10.3. The van der Waals surface area contributed by atoms with Crippen LogP contribution in [0.25, 0.3) is 0 Å². The molecule has 3 rings (SSSR count). The fraction of sp³-hybridized carbons (Fsp3) is 0.286. The van der Waals surface area contributed by atoms with E-state index < -0.39 is 6.04 Å². The Morgan fingerprint density at radius 2 is 1.76 bits per heavy atom. The van der Waals surface area contributed by atoms with Crippen LogP contribution in [0.5, 0.6) is 0 Å². The van der Waals surface area contributed by atoms with Crippen LogP contribution in [-0.4, -0.2) is 24.3 Å². The first kappa shape index (κ1) is 21.0. The smallest absolute Gasteiger partial charge is 0.252 e. The molecule has 1 aliphatic rings. The summed E-state index contributed by atoms with van der Waals surface area (Å²) in [4.78, 5) is 36.1. The number of anilines is 1. The summed E-state index contributed by atoms with van der Waals surface area (Å²) in [5.41, 5.74) is 7.60. The molecule has 3 amide bonds. The molecule has 1 aliphatic heterocycles. The molecule has 0 saturated carbocycles. The molecule has 0 aromatic heterocycles. The number of carbonyl (C=O) groups excluding carboxylic acids is 3. The minimum atomic E-state index is -0.581. The predicted molar refractivity (Wildman–Crippen MR) is 114 cm³/mol. The topological polar surface area (TPSA) is 99.3 Å². The molecule has 1 unspecified atom stereocenters. The number of hydrogen-bond acceptors (Lipinski definition) is 4. The van der Waals surface area contributed by atoms with E-state index in [2.05, 4.69) is 37.4 Å². The molecule has 8 heteroatoms. The minimum absolute atomic E-state index is 0.116. The summed E-state index contributed by atoms with van der Waals surface area (Å²) >= 11 is 3.36. The summed E-state index contributed by atoms with van der Waals surface area (Å²) in [6.45, 7) is 0.555. The number of benzene rings is 2. The fourth-order valence-corrected chi connectivity index (χ4v) is 3.56. The van der Waals surface area contributed by atoms with E-state index in [9.17, 15) is 14.4 Å². The van der Waals surface area contributed by atoms with Gasteiger partial charge in [-0.1, -0.05) is 36.8 Å². The number of unbranched alkanes of at least 4 members (excludes halogenated alkanes) is 2. The van der Waals surface area contributed by atoms with Crippen molar-refractivity contribution in [3.63, 3.8) is 0 Å². The van der Waals surface area contributed by atoms with Gasteiger partial charge in [0, 0.05) is 28.7 Å². The molecule has 29 heavy (non-hydrogen) atoms. The maximum absolute atomic E-state index is 12.1. The summed E-state index contributed by atoms with van der Waals surface area (Å²) < 4.78 is 0.764. The van der Waals surface area contributed by atoms with E-state index in [0.717, 1.165) is 28.6 Å². The number of nitrogens with one attached hydrogen (secondary N) is 4. The number of rotatable bonds is 9. The third kappa shape index (κ3) is 5.65. The van der Waals surface area contributed by atoms with Gasteiger partial charge in [-0.3, -0.25) is 19.8 Å². The molecule has 152 valence electrons. The Bertz CT molecular complexity index is 903. The minimum Gasteiger partial charge on any atom is -0.352 e. The third-order valence-corrected chi connectivity index (χ3v) is 5.32. The van der Waals surface area contributed by atoms with E-state index in [1.165, 1.54) is 0 Å². The SMILES string of the molecule is O=C(CCCCCNC(=O)c1ccccc1Br)NNC1C(=O)Nc2ccccc21. The molecule has 0 aliphatic carbocycles. The van der Waals surface area contributed by atoms with Crippen molar-refractivity contribution in [2.45, 2.75) is 31.7 Å². The number of carbonyl (C=O) groups is 3. The van der Waals surface area contributed by atoms with Crippen molar-refractivity contribution < 1.29 is 14.4 Å². The molecule has 0 bridgehead atoms. The first-order valence-electron chi connectivity index (χ1n) is 9.53. The van der Waals surface area contributed by atoms with Crippen LogP contribution in [0.2, 0.25) is 0 Å². The molecule has 0 fully saturated rings. The van der Waals surface area contributed by atoms with E-state index in [1.807, 2.05) is 42.5 Å². The Morgan fingerprint density at radius 1 is 1.00 bits per heavy atom. The van der Waals surface area contributed by atoms with Gasteiger partial charge in [0.2, 0.25) is 11.8 Å². The average molecular weight is 459 g/mol. The van der Waals surface area contributed by atoms with Crippen LogP contribution in [0.4, 0.5) is 5.69 Å². The molecule has 4 N–H and O–H groups in total. The predicted octanol–water partition coefficient (Wildman–Crippen LogP) is 3.05. The highest BCUT2D eigenvalue weighted by molar-refractivity contribution is 9.10. The monoisotopic (exact) mass is 458 g/mol. The lowest BCUT2D eigenvalue weighted by Gasteiger charge is -2.12. The molecule has 2 aromatic carbocycles. The van der Waals surface area contributed by atoms with E-state index in [0.29, 0.717) is 24.9 Å². The van der Waals surface area contributed by atoms with Crippen LogP contribution in [0.15, 0.2) is 53.0 Å². The molecule has 0 radical (unpaired) electrons.